The van der Waals surface area contributed by atoms with Crippen LogP contribution < -0.4 is 0 Å². The standard InChI is InChI=1S/C14H28O3/c1-4-5-6-7-8-9-10-11-16-12-13(2)17-14(3)15/h13H,4-12H2,1-3H3. The zero-order chi connectivity index (χ0) is 12.9. The predicted molar refractivity (Wildman–Crippen MR) is 70.0 cm³/mol. The van der Waals surface area contributed by atoms with Gasteiger partial charge in [-0.25, -0.2) is 0 Å². The van der Waals surface area contributed by atoms with Gasteiger partial charge in [0.2, 0.25) is 0 Å². The van der Waals surface area contributed by atoms with Crippen LogP contribution >= 0.6 is 0 Å². The van der Waals surface area contributed by atoms with Gasteiger partial charge in [0.25, 0.3) is 0 Å². The minimum Gasteiger partial charge on any atom is -0.460 e. The van der Waals surface area contributed by atoms with Gasteiger partial charge < -0.3 is 9.47 Å². The molecule has 0 aromatic rings. The number of rotatable bonds is 11. The van der Waals surface area contributed by atoms with Crippen molar-refractivity contribution in [2.24, 2.45) is 0 Å². The minimum absolute atomic E-state index is 0.128. The molecule has 0 bridgehead atoms. The molecule has 0 heterocycles. The summed E-state index contributed by atoms with van der Waals surface area (Å²) in [6, 6.07) is 0. The Morgan fingerprint density at radius 3 is 2.24 bits per heavy atom. The molecule has 3 heteroatoms. The molecule has 0 rings (SSSR count). The van der Waals surface area contributed by atoms with Crippen LogP contribution in [0.3, 0.4) is 0 Å². The molecule has 1 unspecified atom stereocenters. The quantitative estimate of drug-likeness (QED) is 0.410. The van der Waals surface area contributed by atoms with Crippen molar-refractivity contribution < 1.29 is 14.3 Å². The maximum absolute atomic E-state index is 10.6. The third kappa shape index (κ3) is 13.4. The van der Waals surface area contributed by atoms with E-state index in [0.29, 0.717) is 6.61 Å². The Kier molecular flexibility index (Phi) is 11.5. The highest BCUT2D eigenvalue weighted by atomic mass is 16.6. The summed E-state index contributed by atoms with van der Waals surface area (Å²) in [5.41, 5.74) is 0. The Bertz CT molecular complexity index is 180. The summed E-state index contributed by atoms with van der Waals surface area (Å²) in [5.74, 6) is -0.239. The minimum atomic E-state index is -0.239. The van der Waals surface area contributed by atoms with Gasteiger partial charge in [0.1, 0.15) is 6.10 Å². The van der Waals surface area contributed by atoms with Crippen LogP contribution in [0.25, 0.3) is 0 Å². The molecule has 0 fully saturated rings. The van der Waals surface area contributed by atoms with Crippen molar-refractivity contribution in [1.82, 2.24) is 0 Å². The molecule has 0 aliphatic carbocycles. The normalized spacial score (nSPS) is 12.4. The average Bonchev–Trinajstić information content (AvgIpc) is 2.26. The van der Waals surface area contributed by atoms with E-state index in [1.165, 1.54) is 45.4 Å². The number of hydrogen-bond donors (Lipinski definition) is 0. The summed E-state index contributed by atoms with van der Waals surface area (Å²) in [6.45, 7) is 6.80. The molecule has 0 saturated carbocycles. The molecule has 0 aliphatic rings. The Morgan fingerprint density at radius 1 is 1.06 bits per heavy atom. The van der Waals surface area contributed by atoms with Gasteiger partial charge >= 0.3 is 5.97 Å². The molecule has 0 aromatic carbocycles. The number of hydrogen-bond acceptors (Lipinski definition) is 3. The Morgan fingerprint density at radius 2 is 1.65 bits per heavy atom. The first-order valence-electron chi connectivity index (χ1n) is 6.91. The fraction of sp³-hybridized carbons (Fsp3) is 0.929. The largest absolute Gasteiger partial charge is 0.460 e. The van der Waals surface area contributed by atoms with Gasteiger partial charge in [0.15, 0.2) is 0 Å². The Labute approximate surface area is 106 Å². The maximum Gasteiger partial charge on any atom is 0.302 e. The van der Waals surface area contributed by atoms with Crippen LogP contribution in [0.15, 0.2) is 0 Å². The summed E-state index contributed by atoms with van der Waals surface area (Å²) in [6.07, 6.45) is 8.90. The summed E-state index contributed by atoms with van der Waals surface area (Å²) in [5, 5.41) is 0. The van der Waals surface area contributed by atoms with E-state index in [2.05, 4.69) is 6.92 Å². The zero-order valence-electron chi connectivity index (χ0n) is 11.7. The molecule has 0 amide bonds. The van der Waals surface area contributed by atoms with E-state index < -0.39 is 0 Å². The van der Waals surface area contributed by atoms with Crippen LogP contribution in [0.4, 0.5) is 0 Å². The smallest absolute Gasteiger partial charge is 0.302 e. The highest BCUT2D eigenvalue weighted by Crippen LogP contribution is 2.07. The van der Waals surface area contributed by atoms with Crippen molar-refractivity contribution in [2.45, 2.75) is 71.8 Å². The molecule has 102 valence electrons. The highest BCUT2D eigenvalue weighted by Gasteiger charge is 2.04. The number of unbranched alkanes of at least 4 members (excludes halogenated alkanes) is 6. The van der Waals surface area contributed by atoms with Crippen LogP contribution in [0.1, 0.15) is 65.7 Å². The van der Waals surface area contributed by atoms with Crippen molar-refractivity contribution in [3.05, 3.63) is 0 Å². The van der Waals surface area contributed by atoms with E-state index in [0.717, 1.165) is 13.0 Å². The van der Waals surface area contributed by atoms with Crippen molar-refractivity contribution in [3.8, 4) is 0 Å². The van der Waals surface area contributed by atoms with Gasteiger partial charge in [0, 0.05) is 13.5 Å². The molecule has 0 aromatic heterocycles. The lowest BCUT2D eigenvalue weighted by Gasteiger charge is -2.11. The Balaban J connectivity index is 3.10. The first-order valence-corrected chi connectivity index (χ1v) is 6.91. The number of carbonyl (C=O) groups excluding carboxylic acids is 1. The van der Waals surface area contributed by atoms with Crippen LogP contribution in [0.2, 0.25) is 0 Å². The lowest BCUT2D eigenvalue weighted by molar-refractivity contribution is -0.148. The Hall–Kier alpha value is -0.570. The van der Waals surface area contributed by atoms with Gasteiger partial charge in [-0.3, -0.25) is 4.79 Å². The second kappa shape index (κ2) is 11.9. The van der Waals surface area contributed by atoms with E-state index in [1.54, 1.807) is 0 Å². The summed E-state index contributed by atoms with van der Waals surface area (Å²) >= 11 is 0. The van der Waals surface area contributed by atoms with E-state index in [1.807, 2.05) is 6.92 Å². The molecular formula is C14H28O3. The van der Waals surface area contributed by atoms with E-state index in [4.69, 9.17) is 9.47 Å². The van der Waals surface area contributed by atoms with Crippen molar-refractivity contribution >= 4 is 5.97 Å². The van der Waals surface area contributed by atoms with Gasteiger partial charge in [-0.2, -0.15) is 0 Å². The second-order valence-electron chi connectivity index (χ2n) is 4.62. The monoisotopic (exact) mass is 244 g/mol. The average molecular weight is 244 g/mol. The second-order valence-corrected chi connectivity index (χ2v) is 4.62. The molecule has 0 N–H and O–H groups in total. The van der Waals surface area contributed by atoms with E-state index in [-0.39, 0.29) is 12.1 Å². The molecule has 0 radical (unpaired) electrons. The molecule has 1 atom stereocenters. The SMILES string of the molecule is CCCCCCCCCOCC(C)OC(C)=O. The fourth-order valence-electron chi connectivity index (χ4n) is 1.73. The molecule has 0 saturated heterocycles. The lowest BCUT2D eigenvalue weighted by Crippen LogP contribution is -2.18. The van der Waals surface area contributed by atoms with Crippen LogP contribution in [-0.2, 0) is 14.3 Å². The summed E-state index contributed by atoms with van der Waals surface area (Å²) in [4.78, 5) is 10.6. The van der Waals surface area contributed by atoms with E-state index in [9.17, 15) is 4.79 Å². The molecule has 3 nitrogen and oxygen atoms in total. The first kappa shape index (κ1) is 16.4. The summed E-state index contributed by atoms with van der Waals surface area (Å²) < 4.78 is 10.4. The third-order valence-corrected chi connectivity index (χ3v) is 2.61. The van der Waals surface area contributed by atoms with Gasteiger partial charge in [0.05, 0.1) is 6.61 Å². The number of esters is 1. The predicted octanol–water partition coefficient (Wildman–Crippen LogP) is 3.71. The van der Waals surface area contributed by atoms with Gasteiger partial charge in [-0.15, -0.1) is 0 Å². The van der Waals surface area contributed by atoms with Crippen molar-refractivity contribution in [2.75, 3.05) is 13.2 Å². The first-order chi connectivity index (χ1) is 8.16. The highest BCUT2D eigenvalue weighted by molar-refractivity contribution is 5.66. The fourth-order valence-corrected chi connectivity index (χ4v) is 1.73. The maximum atomic E-state index is 10.6. The lowest BCUT2D eigenvalue weighted by atomic mass is 10.1. The van der Waals surface area contributed by atoms with E-state index >= 15 is 0 Å². The summed E-state index contributed by atoms with van der Waals surface area (Å²) in [7, 11) is 0. The van der Waals surface area contributed by atoms with Crippen LogP contribution in [0.5, 0.6) is 0 Å². The molecular weight excluding hydrogens is 216 g/mol. The van der Waals surface area contributed by atoms with Crippen LogP contribution in [-0.4, -0.2) is 25.3 Å². The van der Waals surface area contributed by atoms with Gasteiger partial charge in [-0.1, -0.05) is 45.4 Å². The van der Waals surface area contributed by atoms with Crippen LogP contribution in [0, 0.1) is 0 Å². The molecule has 0 spiro atoms. The van der Waals surface area contributed by atoms with Crippen molar-refractivity contribution in [3.63, 3.8) is 0 Å². The molecule has 17 heavy (non-hydrogen) atoms. The number of carbonyl (C=O) groups is 1. The van der Waals surface area contributed by atoms with Gasteiger partial charge in [-0.05, 0) is 13.3 Å². The zero-order valence-corrected chi connectivity index (χ0v) is 11.7. The topological polar surface area (TPSA) is 35.5 Å². The number of ether oxygens (including phenoxy) is 2. The molecule has 0 aliphatic heterocycles. The van der Waals surface area contributed by atoms with Crippen molar-refractivity contribution in [1.29, 1.82) is 0 Å². The third-order valence-electron chi connectivity index (χ3n) is 2.61.